The molecular weight excluding hydrogens is 358 g/mol. The number of aromatic nitrogens is 2. The van der Waals surface area contributed by atoms with E-state index in [1.807, 2.05) is 48.2 Å². The van der Waals surface area contributed by atoms with Gasteiger partial charge in [-0.15, -0.1) is 0 Å². The van der Waals surface area contributed by atoms with E-state index >= 15 is 0 Å². The second-order valence-electron chi connectivity index (χ2n) is 7.27. The number of carbonyl (C=O) groups excluding carboxylic acids is 1. The molecule has 7 heteroatoms. The van der Waals surface area contributed by atoms with Crippen molar-refractivity contribution in [2.24, 2.45) is 0 Å². The van der Waals surface area contributed by atoms with Crippen LogP contribution in [0.2, 0.25) is 0 Å². The van der Waals surface area contributed by atoms with Crippen LogP contribution in [0, 0.1) is 6.92 Å². The van der Waals surface area contributed by atoms with Crippen LogP contribution in [0.25, 0.3) is 22.4 Å². The number of piperidine rings is 1. The van der Waals surface area contributed by atoms with Gasteiger partial charge in [-0.3, -0.25) is 4.79 Å². The quantitative estimate of drug-likeness (QED) is 0.681. The van der Waals surface area contributed by atoms with Crippen molar-refractivity contribution < 1.29 is 18.8 Å². The number of pyridine rings is 1. The van der Waals surface area contributed by atoms with Crippen molar-refractivity contribution in [2.75, 3.05) is 26.3 Å². The maximum absolute atomic E-state index is 13.4. The first-order chi connectivity index (χ1) is 13.7. The Morgan fingerprint density at radius 1 is 1.11 bits per heavy atom. The summed E-state index contributed by atoms with van der Waals surface area (Å²) in [4.78, 5) is 19.8. The van der Waals surface area contributed by atoms with Crippen molar-refractivity contribution in [3.8, 4) is 11.3 Å². The number of likely N-dealkylation sites (tertiary alicyclic amines) is 1. The van der Waals surface area contributed by atoms with E-state index in [0.717, 1.165) is 5.56 Å². The number of carbonyl (C=O) groups is 1. The summed E-state index contributed by atoms with van der Waals surface area (Å²) < 4.78 is 16.9. The lowest BCUT2D eigenvalue weighted by Crippen LogP contribution is -2.47. The van der Waals surface area contributed by atoms with Gasteiger partial charge < -0.3 is 18.9 Å². The molecule has 4 heterocycles. The normalized spacial score (nSPS) is 18.8. The highest BCUT2D eigenvalue weighted by Crippen LogP contribution is 2.33. The van der Waals surface area contributed by atoms with Gasteiger partial charge in [-0.25, -0.2) is 4.98 Å². The summed E-state index contributed by atoms with van der Waals surface area (Å²) in [6.45, 7) is 4.26. The molecule has 2 fully saturated rings. The number of hydrogen-bond donors (Lipinski definition) is 0. The smallest absolute Gasteiger partial charge is 0.259 e. The molecule has 1 spiro atoms. The predicted molar refractivity (Wildman–Crippen MR) is 102 cm³/mol. The van der Waals surface area contributed by atoms with Gasteiger partial charge in [0.25, 0.3) is 11.6 Å². The number of ether oxygens (including phenoxy) is 2. The fraction of sp³-hybridized carbons (Fsp3) is 0.381. The summed E-state index contributed by atoms with van der Waals surface area (Å²) in [5.74, 6) is -0.546. The van der Waals surface area contributed by atoms with Gasteiger partial charge >= 0.3 is 0 Å². The van der Waals surface area contributed by atoms with E-state index < -0.39 is 5.79 Å². The van der Waals surface area contributed by atoms with E-state index in [1.165, 1.54) is 0 Å². The molecule has 144 valence electrons. The second-order valence-corrected chi connectivity index (χ2v) is 7.27. The number of rotatable bonds is 2. The van der Waals surface area contributed by atoms with Gasteiger partial charge in [-0.2, -0.15) is 0 Å². The van der Waals surface area contributed by atoms with E-state index in [0.29, 0.717) is 67.2 Å². The fourth-order valence-electron chi connectivity index (χ4n) is 4.03. The minimum absolute atomic E-state index is 0.0382. The third kappa shape index (κ3) is 2.87. The Hall–Kier alpha value is -2.77. The Morgan fingerprint density at radius 2 is 1.82 bits per heavy atom. The van der Waals surface area contributed by atoms with Gasteiger partial charge in [-0.05, 0) is 13.0 Å². The number of fused-ring (bicyclic) bond motifs is 1. The minimum Gasteiger partial charge on any atom is -0.347 e. The zero-order valence-corrected chi connectivity index (χ0v) is 15.7. The number of hydrogen-bond acceptors (Lipinski definition) is 6. The highest BCUT2D eigenvalue weighted by Gasteiger charge is 2.41. The Kier molecular flexibility index (Phi) is 4.14. The van der Waals surface area contributed by atoms with Crippen LogP contribution in [0.15, 0.2) is 40.9 Å². The van der Waals surface area contributed by atoms with E-state index in [4.69, 9.17) is 14.0 Å². The van der Waals surface area contributed by atoms with E-state index in [-0.39, 0.29) is 5.91 Å². The maximum atomic E-state index is 13.4. The number of nitrogens with zero attached hydrogens (tertiary/aromatic N) is 3. The van der Waals surface area contributed by atoms with Crippen molar-refractivity contribution in [2.45, 2.75) is 25.6 Å². The molecule has 1 aromatic carbocycles. The topological polar surface area (TPSA) is 77.7 Å². The van der Waals surface area contributed by atoms with Crippen molar-refractivity contribution in [3.63, 3.8) is 0 Å². The van der Waals surface area contributed by atoms with Crippen molar-refractivity contribution in [3.05, 3.63) is 47.7 Å². The molecule has 0 saturated carbocycles. The predicted octanol–water partition coefficient (Wildman–Crippen LogP) is 3.18. The first kappa shape index (κ1) is 17.3. The Labute approximate surface area is 162 Å². The SMILES string of the molecule is Cc1noc2nc(-c3ccccc3)cc(C(=O)N3CCC4(CC3)OCCO4)c12. The Morgan fingerprint density at radius 3 is 2.54 bits per heavy atom. The lowest BCUT2D eigenvalue weighted by molar-refractivity contribution is -0.181. The number of benzene rings is 1. The molecule has 5 rings (SSSR count). The maximum Gasteiger partial charge on any atom is 0.259 e. The molecule has 0 unspecified atom stereocenters. The molecule has 28 heavy (non-hydrogen) atoms. The first-order valence-electron chi connectivity index (χ1n) is 9.55. The van der Waals surface area contributed by atoms with Crippen LogP contribution in [0.4, 0.5) is 0 Å². The van der Waals surface area contributed by atoms with Gasteiger partial charge in [-0.1, -0.05) is 35.5 Å². The van der Waals surface area contributed by atoms with Crippen LogP contribution in [0.3, 0.4) is 0 Å². The van der Waals surface area contributed by atoms with Gasteiger partial charge in [0.15, 0.2) is 5.79 Å². The zero-order chi connectivity index (χ0) is 19.1. The molecule has 0 atom stereocenters. The molecule has 0 N–H and O–H groups in total. The van der Waals surface area contributed by atoms with Crippen LogP contribution in [-0.4, -0.2) is 53.0 Å². The van der Waals surface area contributed by atoms with Crippen LogP contribution in [-0.2, 0) is 9.47 Å². The molecular formula is C21H21N3O4. The van der Waals surface area contributed by atoms with Crippen LogP contribution >= 0.6 is 0 Å². The van der Waals surface area contributed by atoms with Crippen molar-refractivity contribution >= 4 is 17.0 Å². The third-order valence-corrected chi connectivity index (χ3v) is 5.54. The summed E-state index contributed by atoms with van der Waals surface area (Å²) >= 11 is 0. The van der Waals surface area contributed by atoms with Crippen molar-refractivity contribution in [1.82, 2.24) is 15.0 Å². The molecule has 2 aliphatic heterocycles. The fourth-order valence-corrected chi connectivity index (χ4v) is 4.03. The molecule has 7 nitrogen and oxygen atoms in total. The average Bonchev–Trinajstić information content (AvgIpc) is 3.35. The summed E-state index contributed by atoms with van der Waals surface area (Å²) in [6.07, 6.45) is 1.36. The molecule has 0 radical (unpaired) electrons. The Balaban J connectivity index is 1.50. The molecule has 0 aliphatic carbocycles. The minimum atomic E-state index is -0.507. The second kappa shape index (κ2) is 6.68. The van der Waals surface area contributed by atoms with E-state index in [9.17, 15) is 4.79 Å². The number of amides is 1. The summed E-state index contributed by atoms with van der Waals surface area (Å²) in [7, 11) is 0. The van der Waals surface area contributed by atoms with Crippen LogP contribution in [0.5, 0.6) is 0 Å². The zero-order valence-electron chi connectivity index (χ0n) is 15.7. The third-order valence-electron chi connectivity index (χ3n) is 5.54. The van der Waals surface area contributed by atoms with Crippen LogP contribution < -0.4 is 0 Å². The van der Waals surface area contributed by atoms with Crippen LogP contribution in [0.1, 0.15) is 28.9 Å². The average molecular weight is 379 g/mol. The highest BCUT2D eigenvalue weighted by molar-refractivity contribution is 6.07. The van der Waals surface area contributed by atoms with Gasteiger partial charge in [0.2, 0.25) is 0 Å². The molecule has 3 aromatic rings. The first-order valence-corrected chi connectivity index (χ1v) is 9.55. The lowest BCUT2D eigenvalue weighted by atomic mass is 10.0. The van der Waals surface area contributed by atoms with E-state index in [2.05, 4.69) is 10.1 Å². The van der Waals surface area contributed by atoms with Crippen molar-refractivity contribution in [1.29, 1.82) is 0 Å². The molecule has 2 aliphatic rings. The largest absolute Gasteiger partial charge is 0.347 e. The molecule has 1 amide bonds. The molecule has 2 aromatic heterocycles. The monoisotopic (exact) mass is 379 g/mol. The van der Waals surface area contributed by atoms with Gasteiger partial charge in [0.05, 0.1) is 35.6 Å². The van der Waals surface area contributed by atoms with Gasteiger partial charge in [0, 0.05) is 31.5 Å². The Bertz CT molecular complexity index is 1010. The standard InChI is InChI=1S/C21H21N3O4/c1-14-18-16(20(25)24-9-7-21(8-10-24)26-11-12-27-21)13-17(22-19(18)28-23-14)15-5-3-2-4-6-15/h2-6,13H,7-12H2,1H3. The number of aryl methyl sites for hydroxylation is 1. The lowest BCUT2D eigenvalue weighted by Gasteiger charge is -2.37. The summed E-state index contributed by atoms with van der Waals surface area (Å²) in [6, 6.07) is 11.6. The molecule has 0 bridgehead atoms. The summed E-state index contributed by atoms with van der Waals surface area (Å²) in [5, 5.41) is 4.71. The van der Waals surface area contributed by atoms with E-state index in [1.54, 1.807) is 0 Å². The molecule has 2 saturated heterocycles. The van der Waals surface area contributed by atoms with Gasteiger partial charge in [0.1, 0.15) is 0 Å². The summed E-state index contributed by atoms with van der Waals surface area (Å²) in [5.41, 5.74) is 3.26. The highest BCUT2D eigenvalue weighted by atomic mass is 16.7.